The lowest BCUT2D eigenvalue weighted by atomic mass is 9.76. The highest BCUT2D eigenvalue weighted by Crippen LogP contribution is 2.38. The summed E-state index contributed by atoms with van der Waals surface area (Å²) in [6, 6.07) is 29.9. The standard InChI is InChI=1S/C25H22N2O2/c1-2-18-29-24-22(23(28)26-24)27-25(19-12-6-3-7-13-19,20-14-8-4-9-15-20)21-16-10-5-11-17-21/h1,3-17,22,24,27H,18H2,(H,26,28)/t22-,24+/m1/s1. The van der Waals surface area contributed by atoms with Crippen LogP contribution in [0.2, 0.25) is 0 Å². The quantitative estimate of drug-likeness (QED) is 0.375. The molecule has 1 aliphatic heterocycles. The van der Waals surface area contributed by atoms with Gasteiger partial charge in [-0.25, -0.2) is 0 Å². The Hall–Kier alpha value is -3.39. The van der Waals surface area contributed by atoms with Gasteiger partial charge >= 0.3 is 0 Å². The Balaban J connectivity index is 1.87. The summed E-state index contributed by atoms with van der Waals surface area (Å²) in [5.41, 5.74) is 2.37. The van der Waals surface area contributed by atoms with Gasteiger partial charge in [-0.15, -0.1) is 6.42 Å². The molecule has 4 nitrogen and oxygen atoms in total. The van der Waals surface area contributed by atoms with Crippen LogP contribution in [0.1, 0.15) is 16.7 Å². The summed E-state index contributed by atoms with van der Waals surface area (Å²) < 4.78 is 5.63. The van der Waals surface area contributed by atoms with Gasteiger partial charge in [-0.05, 0) is 16.7 Å². The number of carbonyl (C=O) groups is 1. The molecule has 0 radical (unpaired) electrons. The maximum atomic E-state index is 12.5. The van der Waals surface area contributed by atoms with Gasteiger partial charge in [-0.3, -0.25) is 10.1 Å². The van der Waals surface area contributed by atoms with Crippen molar-refractivity contribution in [3.8, 4) is 12.3 Å². The first kappa shape index (κ1) is 18.9. The molecule has 1 aliphatic rings. The van der Waals surface area contributed by atoms with Crippen LogP contribution in [0, 0.1) is 12.3 Å². The molecule has 4 heteroatoms. The predicted molar refractivity (Wildman–Crippen MR) is 113 cm³/mol. The normalized spacial score (nSPS) is 18.4. The number of hydrogen-bond acceptors (Lipinski definition) is 3. The van der Waals surface area contributed by atoms with Crippen LogP contribution in [0.3, 0.4) is 0 Å². The number of amides is 1. The lowest BCUT2D eigenvalue weighted by molar-refractivity contribution is -0.146. The minimum Gasteiger partial charge on any atom is -0.344 e. The largest absolute Gasteiger partial charge is 0.344 e. The molecule has 0 aliphatic carbocycles. The van der Waals surface area contributed by atoms with Crippen molar-refractivity contribution in [2.24, 2.45) is 0 Å². The molecule has 29 heavy (non-hydrogen) atoms. The van der Waals surface area contributed by atoms with Gasteiger partial charge in [0, 0.05) is 0 Å². The van der Waals surface area contributed by atoms with E-state index in [9.17, 15) is 4.79 Å². The molecule has 4 rings (SSSR count). The first-order valence-corrected chi connectivity index (χ1v) is 9.55. The van der Waals surface area contributed by atoms with Gasteiger partial charge in [0.2, 0.25) is 5.91 Å². The van der Waals surface area contributed by atoms with E-state index in [1.807, 2.05) is 54.6 Å². The molecule has 1 amide bonds. The number of ether oxygens (including phenoxy) is 1. The van der Waals surface area contributed by atoms with Crippen LogP contribution in [-0.4, -0.2) is 24.8 Å². The van der Waals surface area contributed by atoms with E-state index in [1.165, 1.54) is 0 Å². The maximum Gasteiger partial charge on any atom is 0.243 e. The Morgan fingerprint density at radius 2 is 1.31 bits per heavy atom. The molecule has 0 aromatic heterocycles. The molecular formula is C25H22N2O2. The summed E-state index contributed by atoms with van der Waals surface area (Å²) in [6.45, 7) is 0.137. The molecule has 3 aromatic carbocycles. The lowest BCUT2D eigenvalue weighted by Crippen LogP contribution is -2.72. The van der Waals surface area contributed by atoms with Gasteiger partial charge in [0.25, 0.3) is 0 Å². The zero-order chi connectivity index (χ0) is 20.1. The van der Waals surface area contributed by atoms with Gasteiger partial charge in [-0.1, -0.05) is 96.9 Å². The molecule has 0 spiro atoms. The molecule has 2 atom stereocenters. The molecule has 0 saturated carbocycles. The van der Waals surface area contributed by atoms with Gasteiger partial charge in [0.15, 0.2) is 6.23 Å². The van der Waals surface area contributed by atoms with Crippen molar-refractivity contribution in [2.45, 2.75) is 17.8 Å². The molecule has 1 saturated heterocycles. The smallest absolute Gasteiger partial charge is 0.243 e. The molecule has 0 unspecified atom stereocenters. The third-order valence-corrected chi connectivity index (χ3v) is 5.21. The van der Waals surface area contributed by atoms with E-state index in [1.54, 1.807) is 0 Å². The van der Waals surface area contributed by atoms with Crippen LogP contribution in [0.4, 0.5) is 0 Å². The Morgan fingerprint density at radius 1 is 0.862 bits per heavy atom. The molecule has 0 bridgehead atoms. The summed E-state index contributed by atoms with van der Waals surface area (Å²) >= 11 is 0. The second-order valence-electron chi connectivity index (χ2n) is 6.91. The van der Waals surface area contributed by atoms with Crippen LogP contribution in [0.5, 0.6) is 0 Å². The highest BCUT2D eigenvalue weighted by Gasteiger charge is 2.47. The number of rotatable bonds is 7. The molecule has 144 valence electrons. The lowest BCUT2D eigenvalue weighted by Gasteiger charge is -2.45. The summed E-state index contributed by atoms with van der Waals surface area (Å²) in [5, 5.41) is 6.40. The zero-order valence-corrected chi connectivity index (χ0v) is 15.9. The Kier molecular flexibility index (Phi) is 5.44. The van der Waals surface area contributed by atoms with E-state index < -0.39 is 17.8 Å². The fourth-order valence-corrected chi connectivity index (χ4v) is 3.82. The Bertz CT molecular complexity index is 901. The van der Waals surface area contributed by atoms with Crippen molar-refractivity contribution in [3.63, 3.8) is 0 Å². The number of carbonyl (C=O) groups excluding carboxylic acids is 1. The van der Waals surface area contributed by atoms with Crippen LogP contribution in [0.25, 0.3) is 0 Å². The van der Waals surface area contributed by atoms with E-state index in [-0.39, 0.29) is 12.5 Å². The number of β-lactam (4-membered cyclic amide) rings is 1. The van der Waals surface area contributed by atoms with Crippen molar-refractivity contribution in [1.82, 2.24) is 10.6 Å². The minimum absolute atomic E-state index is 0.112. The first-order chi connectivity index (χ1) is 14.3. The van der Waals surface area contributed by atoms with Crippen LogP contribution >= 0.6 is 0 Å². The van der Waals surface area contributed by atoms with E-state index in [2.05, 4.69) is 53.0 Å². The number of benzene rings is 3. The summed E-state index contributed by atoms with van der Waals surface area (Å²) in [4.78, 5) is 12.5. The average molecular weight is 382 g/mol. The molecule has 1 fully saturated rings. The summed E-state index contributed by atoms with van der Waals surface area (Å²) in [5.74, 6) is 2.35. The van der Waals surface area contributed by atoms with Gasteiger partial charge in [0.1, 0.15) is 12.6 Å². The van der Waals surface area contributed by atoms with E-state index in [0.29, 0.717) is 0 Å². The van der Waals surface area contributed by atoms with E-state index in [0.717, 1.165) is 16.7 Å². The highest BCUT2D eigenvalue weighted by molar-refractivity contribution is 5.89. The van der Waals surface area contributed by atoms with Crippen molar-refractivity contribution >= 4 is 5.91 Å². The SMILES string of the molecule is C#CCO[C@@H]1NC(=O)[C@H]1NC(c1ccccc1)(c1ccccc1)c1ccccc1. The molecular weight excluding hydrogens is 360 g/mol. The van der Waals surface area contributed by atoms with Gasteiger partial charge < -0.3 is 10.1 Å². The molecule has 2 N–H and O–H groups in total. The maximum absolute atomic E-state index is 12.5. The summed E-state index contributed by atoms with van der Waals surface area (Å²) in [6.07, 6.45) is 4.85. The molecule has 3 aromatic rings. The van der Waals surface area contributed by atoms with Crippen molar-refractivity contribution in [2.75, 3.05) is 6.61 Å². The Morgan fingerprint density at radius 3 is 1.69 bits per heavy atom. The third kappa shape index (κ3) is 3.54. The monoisotopic (exact) mass is 382 g/mol. The highest BCUT2D eigenvalue weighted by atomic mass is 16.5. The fourth-order valence-electron chi connectivity index (χ4n) is 3.82. The minimum atomic E-state index is -0.732. The predicted octanol–water partition coefficient (Wildman–Crippen LogP) is 3.04. The van der Waals surface area contributed by atoms with Crippen LogP contribution in [0.15, 0.2) is 91.0 Å². The summed E-state index contributed by atoms with van der Waals surface area (Å²) in [7, 11) is 0. The number of terminal acetylenes is 1. The van der Waals surface area contributed by atoms with E-state index >= 15 is 0 Å². The number of nitrogens with one attached hydrogen (secondary N) is 2. The second kappa shape index (κ2) is 8.32. The third-order valence-electron chi connectivity index (χ3n) is 5.21. The molecule has 1 heterocycles. The van der Waals surface area contributed by atoms with Crippen LogP contribution < -0.4 is 10.6 Å². The van der Waals surface area contributed by atoms with Crippen molar-refractivity contribution < 1.29 is 9.53 Å². The van der Waals surface area contributed by atoms with E-state index in [4.69, 9.17) is 11.2 Å². The van der Waals surface area contributed by atoms with Crippen molar-refractivity contribution in [1.29, 1.82) is 0 Å². The number of hydrogen-bond donors (Lipinski definition) is 2. The zero-order valence-electron chi connectivity index (χ0n) is 15.9. The topological polar surface area (TPSA) is 50.4 Å². The van der Waals surface area contributed by atoms with Gasteiger partial charge in [-0.2, -0.15) is 0 Å². The average Bonchev–Trinajstić information content (AvgIpc) is 2.79. The van der Waals surface area contributed by atoms with Gasteiger partial charge in [0.05, 0.1) is 5.54 Å². The van der Waals surface area contributed by atoms with Crippen molar-refractivity contribution in [3.05, 3.63) is 108 Å². The second-order valence-corrected chi connectivity index (χ2v) is 6.91. The fraction of sp³-hybridized carbons (Fsp3) is 0.160. The Labute approximate surface area is 170 Å². The van der Waals surface area contributed by atoms with Crippen LogP contribution in [-0.2, 0) is 15.1 Å². The first-order valence-electron chi connectivity index (χ1n) is 9.55.